The van der Waals surface area contributed by atoms with Gasteiger partial charge in [0.25, 0.3) is 0 Å². The van der Waals surface area contributed by atoms with Crippen LogP contribution in [0.4, 0.5) is 0 Å². The summed E-state index contributed by atoms with van der Waals surface area (Å²) in [4.78, 5) is 0. The standard InChI is InChI=1S/C15H23N/c1-12-6-5-9-14(10-12)15(16)11-13-7-3-2-4-8-13/h5-6,9-10,13,15H,2-4,7-8,11,16H2,1H3. The molecule has 1 aliphatic carbocycles. The Balaban J connectivity index is 1.94. The number of rotatable bonds is 3. The zero-order valence-corrected chi connectivity index (χ0v) is 10.3. The topological polar surface area (TPSA) is 26.0 Å². The van der Waals surface area contributed by atoms with Crippen LogP contribution in [0.15, 0.2) is 24.3 Å². The minimum atomic E-state index is 0.239. The monoisotopic (exact) mass is 217 g/mol. The summed E-state index contributed by atoms with van der Waals surface area (Å²) in [5.74, 6) is 0.865. The Morgan fingerprint density at radius 2 is 2.00 bits per heavy atom. The Bertz CT molecular complexity index is 326. The molecule has 1 atom stereocenters. The van der Waals surface area contributed by atoms with Crippen molar-refractivity contribution < 1.29 is 0 Å². The lowest BCUT2D eigenvalue weighted by atomic mass is 9.83. The van der Waals surface area contributed by atoms with Crippen LogP contribution in [-0.2, 0) is 0 Å². The van der Waals surface area contributed by atoms with Gasteiger partial charge in [-0.1, -0.05) is 61.9 Å². The van der Waals surface area contributed by atoms with Gasteiger partial charge in [-0.25, -0.2) is 0 Å². The molecule has 1 aromatic rings. The van der Waals surface area contributed by atoms with Crippen LogP contribution in [-0.4, -0.2) is 0 Å². The van der Waals surface area contributed by atoms with Gasteiger partial charge in [-0.15, -0.1) is 0 Å². The van der Waals surface area contributed by atoms with Gasteiger partial charge in [0, 0.05) is 6.04 Å². The normalized spacial score (nSPS) is 19.6. The van der Waals surface area contributed by atoms with Crippen molar-refractivity contribution in [3.63, 3.8) is 0 Å². The second-order valence-corrected chi connectivity index (χ2v) is 5.26. The summed E-state index contributed by atoms with van der Waals surface area (Å²) >= 11 is 0. The molecule has 1 nitrogen and oxygen atoms in total. The molecule has 0 heterocycles. The van der Waals surface area contributed by atoms with E-state index in [0.717, 1.165) is 5.92 Å². The molecule has 0 aromatic heterocycles. The van der Waals surface area contributed by atoms with Gasteiger partial charge in [0.05, 0.1) is 0 Å². The highest BCUT2D eigenvalue weighted by atomic mass is 14.6. The third-order valence-electron chi connectivity index (χ3n) is 3.78. The highest BCUT2D eigenvalue weighted by molar-refractivity contribution is 5.24. The molecule has 1 aromatic carbocycles. The third kappa shape index (κ3) is 3.08. The van der Waals surface area contributed by atoms with Gasteiger partial charge in [0.1, 0.15) is 0 Å². The maximum atomic E-state index is 6.29. The molecule has 0 radical (unpaired) electrons. The molecule has 0 amide bonds. The van der Waals surface area contributed by atoms with Gasteiger partial charge < -0.3 is 5.73 Å². The number of nitrogens with two attached hydrogens (primary N) is 1. The fourth-order valence-electron chi connectivity index (χ4n) is 2.82. The maximum Gasteiger partial charge on any atom is 0.0297 e. The summed E-state index contributed by atoms with van der Waals surface area (Å²) in [5, 5.41) is 0. The Labute approximate surface area is 99.0 Å². The molecule has 0 aliphatic heterocycles. The molecular formula is C15H23N. The molecule has 0 spiro atoms. The van der Waals surface area contributed by atoms with Crippen molar-refractivity contribution in [1.82, 2.24) is 0 Å². The molecule has 0 bridgehead atoms. The summed E-state index contributed by atoms with van der Waals surface area (Å²) in [7, 11) is 0. The lowest BCUT2D eigenvalue weighted by molar-refractivity contribution is 0.319. The van der Waals surface area contributed by atoms with Crippen LogP contribution in [0.5, 0.6) is 0 Å². The predicted octanol–water partition coefficient (Wildman–Crippen LogP) is 3.97. The van der Waals surface area contributed by atoms with Crippen LogP contribution < -0.4 is 5.73 Å². The van der Waals surface area contributed by atoms with Crippen LogP contribution in [0.25, 0.3) is 0 Å². The average molecular weight is 217 g/mol. The first-order valence-electron chi connectivity index (χ1n) is 6.58. The van der Waals surface area contributed by atoms with Crippen LogP contribution in [0.3, 0.4) is 0 Å². The molecule has 0 saturated heterocycles. The molecule has 88 valence electrons. The Morgan fingerprint density at radius 3 is 2.69 bits per heavy atom. The van der Waals surface area contributed by atoms with E-state index in [4.69, 9.17) is 5.73 Å². The molecule has 1 saturated carbocycles. The fourth-order valence-corrected chi connectivity index (χ4v) is 2.82. The zero-order valence-electron chi connectivity index (χ0n) is 10.3. The van der Waals surface area contributed by atoms with E-state index in [0.29, 0.717) is 0 Å². The highest BCUT2D eigenvalue weighted by Gasteiger charge is 2.17. The van der Waals surface area contributed by atoms with Crippen molar-refractivity contribution >= 4 is 0 Å². The van der Waals surface area contributed by atoms with Gasteiger partial charge in [-0.3, -0.25) is 0 Å². The molecular weight excluding hydrogens is 194 g/mol. The van der Waals surface area contributed by atoms with Crippen LogP contribution in [0.1, 0.15) is 55.7 Å². The van der Waals surface area contributed by atoms with Crippen molar-refractivity contribution in [2.45, 2.75) is 51.5 Å². The largest absolute Gasteiger partial charge is 0.324 e. The average Bonchev–Trinajstić information content (AvgIpc) is 2.30. The van der Waals surface area contributed by atoms with Crippen LogP contribution in [0, 0.1) is 12.8 Å². The van der Waals surface area contributed by atoms with E-state index in [1.807, 2.05) is 0 Å². The van der Waals surface area contributed by atoms with Gasteiger partial charge in [0.2, 0.25) is 0 Å². The first kappa shape index (κ1) is 11.7. The van der Waals surface area contributed by atoms with Gasteiger partial charge in [-0.2, -0.15) is 0 Å². The number of aryl methyl sites for hydroxylation is 1. The molecule has 1 fully saturated rings. The predicted molar refractivity (Wildman–Crippen MR) is 69.3 cm³/mol. The van der Waals surface area contributed by atoms with Crippen LogP contribution >= 0.6 is 0 Å². The molecule has 1 aliphatic rings. The Kier molecular flexibility index (Phi) is 4.00. The van der Waals surface area contributed by atoms with Crippen molar-refractivity contribution in [3.8, 4) is 0 Å². The number of benzene rings is 1. The summed E-state index contributed by atoms with van der Waals surface area (Å²) in [6, 6.07) is 8.89. The molecule has 1 unspecified atom stereocenters. The summed E-state index contributed by atoms with van der Waals surface area (Å²) < 4.78 is 0. The quantitative estimate of drug-likeness (QED) is 0.814. The molecule has 2 rings (SSSR count). The first-order chi connectivity index (χ1) is 7.75. The summed E-state index contributed by atoms with van der Waals surface area (Å²) in [6.45, 7) is 2.14. The first-order valence-corrected chi connectivity index (χ1v) is 6.58. The molecule has 2 N–H and O–H groups in total. The fraction of sp³-hybridized carbons (Fsp3) is 0.600. The van der Waals surface area contributed by atoms with E-state index in [2.05, 4.69) is 31.2 Å². The minimum Gasteiger partial charge on any atom is -0.324 e. The molecule has 16 heavy (non-hydrogen) atoms. The second kappa shape index (κ2) is 5.49. The lowest BCUT2D eigenvalue weighted by Gasteiger charge is -2.24. The second-order valence-electron chi connectivity index (χ2n) is 5.26. The van der Waals surface area contributed by atoms with Crippen molar-refractivity contribution in [2.75, 3.05) is 0 Å². The van der Waals surface area contributed by atoms with Crippen molar-refractivity contribution in [1.29, 1.82) is 0 Å². The van der Waals surface area contributed by atoms with Gasteiger partial charge in [0.15, 0.2) is 0 Å². The van der Waals surface area contributed by atoms with E-state index in [1.165, 1.54) is 49.7 Å². The zero-order chi connectivity index (χ0) is 11.4. The highest BCUT2D eigenvalue weighted by Crippen LogP contribution is 2.30. The minimum absolute atomic E-state index is 0.239. The van der Waals surface area contributed by atoms with E-state index in [1.54, 1.807) is 0 Å². The van der Waals surface area contributed by atoms with E-state index in [-0.39, 0.29) is 6.04 Å². The van der Waals surface area contributed by atoms with Crippen molar-refractivity contribution in [3.05, 3.63) is 35.4 Å². The Hall–Kier alpha value is -0.820. The van der Waals surface area contributed by atoms with E-state index >= 15 is 0 Å². The summed E-state index contributed by atoms with van der Waals surface area (Å²) in [5.41, 5.74) is 8.92. The van der Waals surface area contributed by atoms with E-state index in [9.17, 15) is 0 Å². The Morgan fingerprint density at radius 1 is 1.25 bits per heavy atom. The third-order valence-corrected chi connectivity index (χ3v) is 3.78. The van der Waals surface area contributed by atoms with E-state index < -0.39 is 0 Å². The number of hydrogen-bond donors (Lipinski definition) is 1. The van der Waals surface area contributed by atoms with Gasteiger partial charge >= 0.3 is 0 Å². The van der Waals surface area contributed by atoms with Crippen molar-refractivity contribution in [2.24, 2.45) is 11.7 Å². The SMILES string of the molecule is Cc1cccc(C(N)CC2CCCCC2)c1. The summed E-state index contributed by atoms with van der Waals surface area (Å²) in [6.07, 6.45) is 8.19. The smallest absolute Gasteiger partial charge is 0.0297 e. The van der Waals surface area contributed by atoms with Crippen LogP contribution in [0.2, 0.25) is 0 Å². The number of hydrogen-bond acceptors (Lipinski definition) is 1. The maximum absolute atomic E-state index is 6.29. The van der Waals surface area contributed by atoms with Gasteiger partial charge in [-0.05, 0) is 24.8 Å². The lowest BCUT2D eigenvalue weighted by Crippen LogP contribution is -2.17. The molecule has 1 heteroatoms.